The molecule has 0 aliphatic carbocycles. The first-order valence-electron chi connectivity index (χ1n) is 4.51. The molecule has 0 spiro atoms. The summed E-state index contributed by atoms with van der Waals surface area (Å²) in [5.41, 5.74) is 0.361. The number of rotatable bonds is 3. The van der Waals surface area contributed by atoms with E-state index in [9.17, 15) is 18.0 Å². The lowest BCUT2D eigenvalue weighted by atomic mass is 9.95. The summed E-state index contributed by atoms with van der Waals surface area (Å²) in [4.78, 5) is 14.2. The number of carbonyl (C=O) groups is 1. The molecule has 0 aromatic carbocycles. The first kappa shape index (κ1) is 12.5. The van der Waals surface area contributed by atoms with Gasteiger partial charge in [0, 0.05) is 11.9 Å². The van der Waals surface area contributed by atoms with Crippen LogP contribution in [0.2, 0.25) is 0 Å². The van der Waals surface area contributed by atoms with Gasteiger partial charge in [-0.1, -0.05) is 0 Å². The Morgan fingerprint density at radius 1 is 1.56 bits per heavy atom. The molecule has 1 aromatic heterocycles. The molecule has 88 valence electrons. The van der Waals surface area contributed by atoms with Gasteiger partial charge in [0.1, 0.15) is 0 Å². The van der Waals surface area contributed by atoms with E-state index in [0.717, 1.165) is 0 Å². The fraction of sp³-hybridized carbons (Fsp3) is 0.400. The van der Waals surface area contributed by atoms with E-state index in [1.54, 1.807) is 6.92 Å². The minimum atomic E-state index is -4.56. The molecule has 6 heteroatoms. The van der Waals surface area contributed by atoms with Crippen molar-refractivity contribution in [2.24, 2.45) is 0 Å². The number of aryl methyl sites for hydroxylation is 1. The maximum Gasteiger partial charge on any atom is 0.396 e. The Bertz CT molecular complexity index is 390. The minimum Gasteiger partial charge on any atom is -0.481 e. The van der Waals surface area contributed by atoms with Gasteiger partial charge in [-0.15, -0.1) is 0 Å². The summed E-state index contributed by atoms with van der Waals surface area (Å²) in [6.07, 6.45) is -4.29. The normalized spacial score (nSPS) is 13.5. The first-order valence-corrected chi connectivity index (χ1v) is 4.51. The molecule has 0 fully saturated rings. The Morgan fingerprint density at radius 2 is 2.19 bits per heavy atom. The second-order valence-corrected chi connectivity index (χ2v) is 3.42. The third kappa shape index (κ3) is 3.22. The van der Waals surface area contributed by atoms with E-state index in [1.807, 2.05) is 0 Å². The number of nitrogens with zero attached hydrogens (tertiary/aromatic N) is 1. The van der Waals surface area contributed by atoms with Crippen LogP contribution in [0.15, 0.2) is 18.3 Å². The maximum absolute atomic E-state index is 12.6. The molecule has 0 aliphatic rings. The van der Waals surface area contributed by atoms with E-state index >= 15 is 0 Å². The van der Waals surface area contributed by atoms with Crippen LogP contribution in [0.3, 0.4) is 0 Å². The van der Waals surface area contributed by atoms with Crippen molar-refractivity contribution >= 4 is 5.97 Å². The van der Waals surface area contributed by atoms with Crippen molar-refractivity contribution in [2.75, 3.05) is 0 Å². The van der Waals surface area contributed by atoms with Gasteiger partial charge in [0.05, 0.1) is 12.3 Å². The smallest absolute Gasteiger partial charge is 0.396 e. The number of hydrogen-bond acceptors (Lipinski definition) is 2. The molecule has 0 saturated heterocycles. The zero-order valence-electron chi connectivity index (χ0n) is 8.45. The Labute approximate surface area is 89.9 Å². The molecule has 1 atom stereocenters. The number of carboxylic acid groups (broad SMARTS) is 1. The van der Waals surface area contributed by atoms with Crippen LogP contribution in [0.1, 0.15) is 23.6 Å². The Morgan fingerprint density at radius 3 is 2.62 bits per heavy atom. The summed E-state index contributed by atoms with van der Waals surface area (Å²) in [5, 5.41) is 8.46. The molecule has 1 N–H and O–H groups in total. The molecule has 3 nitrogen and oxygen atoms in total. The lowest BCUT2D eigenvalue weighted by Crippen LogP contribution is -2.23. The predicted octanol–water partition coefficient (Wildman–Crippen LogP) is 2.51. The summed E-state index contributed by atoms with van der Waals surface area (Å²) in [5.74, 6) is -3.46. The lowest BCUT2D eigenvalue weighted by Gasteiger charge is -2.18. The zero-order chi connectivity index (χ0) is 12.3. The number of alkyl halides is 3. The van der Waals surface area contributed by atoms with Gasteiger partial charge in [-0.05, 0) is 24.6 Å². The minimum absolute atomic E-state index is 0.0672. The zero-order valence-corrected chi connectivity index (χ0v) is 8.45. The Balaban J connectivity index is 3.06. The molecule has 0 amide bonds. The van der Waals surface area contributed by atoms with Crippen LogP contribution in [0.5, 0.6) is 0 Å². The largest absolute Gasteiger partial charge is 0.481 e. The quantitative estimate of drug-likeness (QED) is 0.872. The lowest BCUT2D eigenvalue weighted by molar-refractivity contribution is -0.163. The van der Waals surface area contributed by atoms with Crippen molar-refractivity contribution in [3.05, 3.63) is 29.6 Å². The molecule has 16 heavy (non-hydrogen) atoms. The molecule has 0 saturated carbocycles. The van der Waals surface area contributed by atoms with E-state index in [1.165, 1.54) is 18.3 Å². The van der Waals surface area contributed by atoms with Crippen LogP contribution in [0.4, 0.5) is 13.2 Å². The Kier molecular flexibility index (Phi) is 3.51. The highest BCUT2D eigenvalue weighted by Crippen LogP contribution is 2.37. The van der Waals surface area contributed by atoms with E-state index in [2.05, 4.69) is 4.98 Å². The van der Waals surface area contributed by atoms with Crippen molar-refractivity contribution in [3.63, 3.8) is 0 Å². The van der Waals surface area contributed by atoms with Crippen LogP contribution >= 0.6 is 0 Å². The monoisotopic (exact) mass is 233 g/mol. The highest BCUT2D eigenvalue weighted by atomic mass is 19.4. The van der Waals surface area contributed by atoms with Crippen molar-refractivity contribution in [1.82, 2.24) is 4.98 Å². The number of hydrogen-bond donors (Lipinski definition) is 1. The van der Waals surface area contributed by atoms with Crippen molar-refractivity contribution in [1.29, 1.82) is 0 Å². The molecule has 0 bridgehead atoms. The molecule has 1 heterocycles. The average molecular weight is 233 g/mol. The number of aliphatic carboxylic acids is 1. The van der Waals surface area contributed by atoms with E-state index in [0.29, 0.717) is 5.69 Å². The van der Waals surface area contributed by atoms with Crippen LogP contribution in [0, 0.1) is 6.92 Å². The molecular weight excluding hydrogens is 223 g/mol. The summed E-state index contributed by atoms with van der Waals surface area (Å²) in [6, 6.07) is 2.44. The summed E-state index contributed by atoms with van der Waals surface area (Å²) >= 11 is 0. The van der Waals surface area contributed by atoms with Gasteiger partial charge in [0.15, 0.2) is 0 Å². The summed E-state index contributed by atoms with van der Waals surface area (Å²) < 4.78 is 37.8. The SMILES string of the molecule is Cc1cc(C(CC(=O)O)C(F)(F)F)ccn1. The standard InChI is InChI=1S/C10H10F3NO2/c1-6-4-7(2-3-14-6)8(5-9(15)16)10(11,12)13/h2-4,8H,5H2,1H3,(H,15,16). The highest BCUT2D eigenvalue weighted by molar-refractivity contribution is 5.68. The predicted molar refractivity (Wildman–Crippen MR) is 50.0 cm³/mol. The van der Waals surface area contributed by atoms with Crippen LogP contribution in [-0.2, 0) is 4.79 Å². The van der Waals surface area contributed by atoms with E-state index < -0.39 is 24.5 Å². The van der Waals surface area contributed by atoms with Gasteiger partial charge in [-0.3, -0.25) is 9.78 Å². The first-order chi connectivity index (χ1) is 7.30. The average Bonchev–Trinajstić information content (AvgIpc) is 2.12. The molecule has 0 radical (unpaired) electrons. The molecule has 0 aliphatic heterocycles. The van der Waals surface area contributed by atoms with E-state index in [-0.39, 0.29) is 5.56 Å². The van der Waals surface area contributed by atoms with Crippen molar-refractivity contribution in [2.45, 2.75) is 25.4 Å². The molecular formula is C10H10F3NO2. The highest BCUT2D eigenvalue weighted by Gasteiger charge is 2.42. The van der Waals surface area contributed by atoms with Gasteiger partial charge >= 0.3 is 12.1 Å². The van der Waals surface area contributed by atoms with Crippen molar-refractivity contribution < 1.29 is 23.1 Å². The third-order valence-corrected chi connectivity index (χ3v) is 2.10. The van der Waals surface area contributed by atoms with Gasteiger partial charge in [-0.25, -0.2) is 0 Å². The summed E-state index contributed by atoms with van der Waals surface area (Å²) in [6.45, 7) is 1.55. The summed E-state index contributed by atoms with van der Waals surface area (Å²) in [7, 11) is 0. The number of halogens is 3. The Hall–Kier alpha value is -1.59. The van der Waals surface area contributed by atoms with Crippen LogP contribution in [0.25, 0.3) is 0 Å². The fourth-order valence-electron chi connectivity index (χ4n) is 1.38. The molecule has 1 unspecified atom stereocenters. The molecule has 1 aromatic rings. The topological polar surface area (TPSA) is 50.2 Å². The van der Waals surface area contributed by atoms with Gasteiger partial charge in [-0.2, -0.15) is 13.2 Å². The van der Waals surface area contributed by atoms with Crippen LogP contribution in [-0.4, -0.2) is 22.2 Å². The number of carboxylic acids is 1. The van der Waals surface area contributed by atoms with Gasteiger partial charge in [0.2, 0.25) is 0 Å². The van der Waals surface area contributed by atoms with Gasteiger partial charge < -0.3 is 5.11 Å². The second-order valence-electron chi connectivity index (χ2n) is 3.42. The fourth-order valence-corrected chi connectivity index (χ4v) is 1.38. The van der Waals surface area contributed by atoms with E-state index in [4.69, 9.17) is 5.11 Å². The number of pyridine rings is 1. The number of aromatic nitrogens is 1. The van der Waals surface area contributed by atoms with Gasteiger partial charge in [0.25, 0.3) is 0 Å². The van der Waals surface area contributed by atoms with Crippen molar-refractivity contribution in [3.8, 4) is 0 Å². The third-order valence-electron chi connectivity index (χ3n) is 2.10. The van der Waals surface area contributed by atoms with Crippen LogP contribution < -0.4 is 0 Å². The molecule has 1 rings (SSSR count). The second kappa shape index (κ2) is 4.51. The maximum atomic E-state index is 12.6.